The first-order chi connectivity index (χ1) is 7.88. The summed E-state index contributed by atoms with van der Waals surface area (Å²) in [6.45, 7) is 13.4. The van der Waals surface area contributed by atoms with E-state index in [1.807, 2.05) is 43.3 Å². The summed E-state index contributed by atoms with van der Waals surface area (Å²) in [5.41, 5.74) is 2.28. The van der Waals surface area contributed by atoms with E-state index in [1.165, 1.54) is 5.56 Å². The van der Waals surface area contributed by atoms with E-state index >= 15 is 0 Å². The molecule has 2 heteroatoms. The molecule has 0 saturated heterocycles. The summed E-state index contributed by atoms with van der Waals surface area (Å²) in [5, 5.41) is 9.89. The molecule has 18 heavy (non-hydrogen) atoms. The fourth-order valence-electron chi connectivity index (χ4n) is 1.25. The van der Waals surface area contributed by atoms with Gasteiger partial charge >= 0.3 is 0 Å². The van der Waals surface area contributed by atoms with Crippen molar-refractivity contribution in [3.05, 3.63) is 54.5 Å². The van der Waals surface area contributed by atoms with Crippen LogP contribution in [0.3, 0.4) is 0 Å². The second-order valence-electron chi connectivity index (χ2n) is 5.08. The molecule has 1 N–H and O–H groups in total. The third-order valence-electron chi connectivity index (χ3n) is 2.20. The van der Waals surface area contributed by atoms with E-state index in [4.69, 9.17) is 0 Å². The topological polar surface area (TPSA) is 20.2 Å². The van der Waals surface area contributed by atoms with E-state index in [0.29, 0.717) is 0 Å². The minimum Gasteiger partial charge on any atom is -0.384 e. The van der Waals surface area contributed by atoms with Crippen LogP contribution < -0.4 is 0 Å². The van der Waals surface area contributed by atoms with E-state index in [-0.39, 0.29) is 24.9 Å². The molecule has 0 saturated carbocycles. The maximum atomic E-state index is 9.89. The van der Waals surface area contributed by atoms with Crippen LogP contribution in [0.25, 0.3) is 0 Å². The number of hydrogen-bond acceptors (Lipinski definition) is 1. The predicted molar refractivity (Wildman–Crippen MR) is 75.8 cm³/mol. The van der Waals surface area contributed by atoms with Crippen molar-refractivity contribution in [3.63, 3.8) is 0 Å². The number of benzene rings is 1. The third-order valence-corrected chi connectivity index (χ3v) is 2.20. The van der Waals surface area contributed by atoms with Crippen LogP contribution in [0.4, 0.5) is 0 Å². The average molecular weight is 299 g/mol. The molecule has 98 valence electrons. The molecular formula is C16H25OZn-. The first-order valence-corrected chi connectivity index (χ1v) is 6.03. The standard InChI is InChI=1S/C14H20O.C2H5.Zn/c1-11-5-7-12(8-6-11)13(15)9-10-14(2,3)4;1-2;/h5-10,13,15H,1-4H3;1H2,2H3;/q;-1;/b10-9+;;/t13-;;/m0../s1. The summed E-state index contributed by atoms with van der Waals surface area (Å²) in [5.74, 6) is 0. The molecule has 0 heterocycles. The van der Waals surface area contributed by atoms with Crippen LogP contribution in [-0.2, 0) is 19.5 Å². The first kappa shape index (κ1) is 19.9. The largest absolute Gasteiger partial charge is 0.384 e. The molecule has 1 atom stereocenters. The Balaban J connectivity index is 0. The summed E-state index contributed by atoms with van der Waals surface area (Å²) >= 11 is 0. The Labute approximate surface area is 125 Å². The monoisotopic (exact) mass is 297 g/mol. The molecule has 0 unspecified atom stereocenters. The van der Waals surface area contributed by atoms with Gasteiger partial charge in [-0.2, -0.15) is 6.92 Å². The van der Waals surface area contributed by atoms with Crippen LogP contribution in [-0.4, -0.2) is 5.11 Å². The van der Waals surface area contributed by atoms with Crippen molar-refractivity contribution in [3.8, 4) is 0 Å². The van der Waals surface area contributed by atoms with E-state index < -0.39 is 6.10 Å². The smallest absolute Gasteiger partial charge is 0.0972 e. The number of rotatable bonds is 2. The van der Waals surface area contributed by atoms with Crippen LogP contribution >= 0.6 is 0 Å². The Morgan fingerprint density at radius 3 is 1.94 bits per heavy atom. The zero-order chi connectivity index (χ0) is 13.5. The molecule has 1 aromatic rings. The molecule has 0 aliphatic rings. The molecule has 1 aromatic carbocycles. The summed E-state index contributed by atoms with van der Waals surface area (Å²) < 4.78 is 0. The van der Waals surface area contributed by atoms with E-state index in [1.54, 1.807) is 6.92 Å². The maximum Gasteiger partial charge on any atom is 0.0972 e. The van der Waals surface area contributed by atoms with Gasteiger partial charge in [0.05, 0.1) is 6.10 Å². The predicted octanol–water partition coefficient (Wildman–Crippen LogP) is 4.47. The van der Waals surface area contributed by atoms with Crippen LogP contribution in [0.2, 0.25) is 0 Å². The Bertz CT molecular complexity index is 333. The van der Waals surface area contributed by atoms with Gasteiger partial charge < -0.3 is 12.0 Å². The molecule has 1 rings (SSSR count). The molecule has 0 aliphatic carbocycles. The van der Waals surface area contributed by atoms with Gasteiger partial charge in [0.1, 0.15) is 0 Å². The van der Waals surface area contributed by atoms with Crippen molar-refractivity contribution in [2.45, 2.75) is 40.7 Å². The summed E-state index contributed by atoms with van der Waals surface area (Å²) in [6, 6.07) is 7.97. The second kappa shape index (κ2) is 9.47. The first-order valence-electron chi connectivity index (χ1n) is 6.03. The van der Waals surface area contributed by atoms with Gasteiger partial charge in [0.2, 0.25) is 0 Å². The van der Waals surface area contributed by atoms with Crippen molar-refractivity contribution in [1.29, 1.82) is 0 Å². The summed E-state index contributed by atoms with van der Waals surface area (Å²) in [7, 11) is 0. The Hall–Kier alpha value is -0.457. The number of hydrogen-bond donors (Lipinski definition) is 1. The molecule has 0 aliphatic heterocycles. The van der Waals surface area contributed by atoms with Crippen LogP contribution in [0.1, 0.15) is 44.9 Å². The van der Waals surface area contributed by atoms with Gasteiger partial charge in [-0.25, -0.2) is 0 Å². The maximum absolute atomic E-state index is 9.89. The van der Waals surface area contributed by atoms with Crippen molar-refractivity contribution in [1.82, 2.24) is 0 Å². The SMILES string of the molecule is Cc1ccc([C@@H](O)/C=C/C(C)(C)C)cc1.[CH2-]C.[Zn]. The van der Waals surface area contributed by atoms with Gasteiger partial charge in [0.15, 0.2) is 0 Å². The Morgan fingerprint density at radius 2 is 1.56 bits per heavy atom. The zero-order valence-corrected chi connectivity index (χ0v) is 15.4. The molecule has 0 bridgehead atoms. The number of allylic oxidation sites excluding steroid dienone is 1. The molecule has 0 fully saturated rings. The summed E-state index contributed by atoms with van der Waals surface area (Å²) in [4.78, 5) is 0. The fraction of sp³-hybridized carbons (Fsp3) is 0.438. The van der Waals surface area contributed by atoms with E-state index in [2.05, 4.69) is 27.7 Å². The normalized spacial score (nSPS) is 12.4. The van der Waals surface area contributed by atoms with Crippen molar-refractivity contribution in [2.24, 2.45) is 5.41 Å². The fourth-order valence-corrected chi connectivity index (χ4v) is 1.25. The molecule has 0 amide bonds. The minimum absolute atomic E-state index is 0. The third kappa shape index (κ3) is 8.61. The number of aryl methyl sites for hydroxylation is 1. The van der Waals surface area contributed by atoms with Crippen molar-refractivity contribution >= 4 is 0 Å². The van der Waals surface area contributed by atoms with Gasteiger partial charge in [0.25, 0.3) is 0 Å². The van der Waals surface area contributed by atoms with Gasteiger partial charge in [-0.1, -0.05) is 62.8 Å². The van der Waals surface area contributed by atoms with Gasteiger partial charge in [-0.15, -0.1) is 0 Å². The molecule has 1 nitrogen and oxygen atoms in total. The Kier molecular flexibility index (Phi) is 10.5. The zero-order valence-electron chi connectivity index (χ0n) is 12.4. The quantitative estimate of drug-likeness (QED) is 0.485. The molecular weight excluding hydrogens is 274 g/mol. The van der Waals surface area contributed by atoms with Gasteiger partial charge in [0, 0.05) is 19.5 Å². The number of aliphatic hydroxyl groups is 1. The van der Waals surface area contributed by atoms with Gasteiger partial charge in [-0.3, -0.25) is 0 Å². The Morgan fingerprint density at radius 1 is 1.11 bits per heavy atom. The van der Waals surface area contributed by atoms with Crippen LogP contribution in [0.5, 0.6) is 0 Å². The van der Waals surface area contributed by atoms with Crippen LogP contribution in [0.15, 0.2) is 36.4 Å². The number of aliphatic hydroxyl groups excluding tert-OH is 1. The van der Waals surface area contributed by atoms with Crippen molar-refractivity contribution < 1.29 is 24.6 Å². The van der Waals surface area contributed by atoms with E-state index in [9.17, 15) is 5.11 Å². The van der Waals surface area contributed by atoms with Crippen LogP contribution in [0, 0.1) is 19.3 Å². The average Bonchev–Trinajstić information content (AvgIpc) is 2.29. The minimum atomic E-state index is -0.496. The van der Waals surface area contributed by atoms with E-state index in [0.717, 1.165) is 5.56 Å². The van der Waals surface area contributed by atoms with Gasteiger partial charge in [-0.05, 0) is 17.9 Å². The van der Waals surface area contributed by atoms with Crippen molar-refractivity contribution in [2.75, 3.05) is 0 Å². The summed E-state index contributed by atoms with van der Waals surface area (Å²) in [6.07, 6.45) is 3.40. The molecule has 0 aromatic heterocycles. The molecule has 0 spiro atoms. The molecule has 0 radical (unpaired) electrons. The second-order valence-corrected chi connectivity index (χ2v) is 5.08.